The lowest BCUT2D eigenvalue weighted by Gasteiger charge is -2.14. The van der Waals surface area contributed by atoms with E-state index in [0.29, 0.717) is 39.8 Å². The number of methoxy groups -OCH3 is 3. The summed E-state index contributed by atoms with van der Waals surface area (Å²) in [7, 11) is 4.48. The topological polar surface area (TPSA) is 92.3 Å². The van der Waals surface area contributed by atoms with Gasteiger partial charge in [-0.1, -0.05) is 6.92 Å². The monoisotopic (exact) mass is 481 g/mol. The second-order valence-electron chi connectivity index (χ2n) is 6.03. The minimum atomic E-state index is -0.673. The van der Waals surface area contributed by atoms with Gasteiger partial charge < -0.3 is 29.0 Å². The van der Waals surface area contributed by atoms with Crippen molar-refractivity contribution in [3.8, 4) is 23.0 Å². The fourth-order valence-corrected chi connectivity index (χ4v) is 3.04. The number of benzene rings is 2. The van der Waals surface area contributed by atoms with Crippen LogP contribution in [-0.4, -0.2) is 46.4 Å². The molecule has 2 rings (SSSR count). The number of hydrogen-bond acceptors (Lipinski definition) is 7. The van der Waals surface area contributed by atoms with Gasteiger partial charge in [-0.25, -0.2) is 4.79 Å². The van der Waals surface area contributed by atoms with Crippen LogP contribution in [-0.2, 0) is 9.53 Å². The molecule has 2 aromatic rings. The minimum Gasteiger partial charge on any atom is -0.497 e. The molecular formula is C21H24BrNO7. The molecular weight excluding hydrogens is 458 g/mol. The summed E-state index contributed by atoms with van der Waals surface area (Å²) in [6.07, 6.45) is 0.827. The van der Waals surface area contributed by atoms with Crippen LogP contribution in [0.5, 0.6) is 23.0 Å². The Bertz CT molecular complexity index is 901. The molecule has 30 heavy (non-hydrogen) atoms. The number of carbonyl (C=O) groups excluding carboxylic acids is 2. The van der Waals surface area contributed by atoms with Gasteiger partial charge in [0.2, 0.25) is 0 Å². The SMILES string of the molecule is CCCOc1c(Br)cc(C(=O)OCC(=O)Nc2ccc(OC)cc2OC)cc1OC. The second-order valence-corrected chi connectivity index (χ2v) is 6.88. The number of ether oxygens (including phenoxy) is 5. The summed E-state index contributed by atoms with van der Waals surface area (Å²) in [5.41, 5.74) is 0.651. The third kappa shape index (κ3) is 6.03. The molecule has 0 heterocycles. The van der Waals surface area contributed by atoms with Crippen molar-refractivity contribution in [2.75, 3.05) is 39.9 Å². The van der Waals surface area contributed by atoms with Crippen molar-refractivity contribution in [1.82, 2.24) is 0 Å². The number of hydrogen-bond donors (Lipinski definition) is 1. The van der Waals surface area contributed by atoms with E-state index in [9.17, 15) is 9.59 Å². The van der Waals surface area contributed by atoms with E-state index in [2.05, 4.69) is 21.2 Å². The molecule has 0 aliphatic rings. The Morgan fingerprint density at radius 3 is 2.37 bits per heavy atom. The van der Waals surface area contributed by atoms with Crippen molar-refractivity contribution >= 4 is 33.5 Å². The zero-order chi connectivity index (χ0) is 22.1. The standard InChI is InChI=1S/C21H24BrNO7/c1-5-8-29-20-15(22)9-13(10-18(20)28-4)21(25)30-12-19(24)23-16-7-6-14(26-2)11-17(16)27-3/h6-7,9-11H,5,8,12H2,1-4H3,(H,23,24). The Kier molecular flexibility index (Phi) is 8.79. The van der Waals surface area contributed by atoms with Crippen LogP contribution in [0.25, 0.3) is 0 Å². The van der Waals surface area contributed by atoms with Crippen LogP contribution in [0, 0.1) is 0 Å². The summed E-state index contributed by atoms with van der Waals surface area (Å²) in [6, 6.07) is 8.00. The van der Waals surface area contributed by atoms with E-state index < -0.39 is 18.5 Å². The Labute approximate surface area is 183 Å². The number of nitrogens with one attached hydrogen (secondary N) is 1. The van der Waals surface area contributed by atoms with E-state index in [1.165, 1.54) is 27.4 Å². The van der Waals surface area contributed by atoms with Crippen LogP contribution in [0.2, 0.25) is 0 Å². The molecule has 0 aromatic heterocycles. The Morgan fingerprint density at radius 2 is 1.73 bits per heavy atom. The summed E-state index contributed by atoms with van der Waals surface area (Å²) >= 11 is 3.37. The number of anilines is 1. The van der Waals surface area contributed by atoms with E-state index in [0.717, 1.165) is 6.42 Å². The Hall–Kier alpha value is -2.94. The quantitative estimate of drug-likeness (QED) is 0.511. The van der Waals surface area contributed by atoms with Gasteiger partial charge >= 0.3 is 5.97 Å². The number of carbonyl (C=O) groups is 2. The highest BCUT2D eigenvalue weighted by Crippen LogP contribution is 2.37. The number of rotatable bonds is 10. The predicted molar refractivity (Wildman–Crippen MR) is 115 cm³/mol. The lowest BCUT2D eigenvalue weighted by atomic mass is 10.2. The van der Waals surface area contributed by atoms with Gasteiger partial charge in [0.15, 0.2) is 18.1 Å². The molecule has 8 nitrogen and oxygen atoms in total. The lowest BCUT2D eigenvalue weighted by molar-refractivity contribution is -0.119. The molecule has 0 bridgehead atoms. The van der Waals surface area contributed by atoms with Crippen LogP contribution in [0.4, 0.5) is 5.69 Å². The molecule has 0 spiro atoms. The Balaban J connectivity index is 2.03. The molecule has 0 unspecified atom stereocenters. The number of esters is 1. The summed E-state index contributed by atoms with van der Waals surface area (Å²) < 4.78 is 27.0. The van der Waals surface area contributed by atoms with Gasteiger partial charge in [-0.3, -0.25) is 4.79 Å². The first-order valence-electron chi connectivity index (χ1n) is 9.12. The van der Waals surface area contributed by atoms with Crippen molar-refractivity contribution in [3.63, 3.8) is 0 Å². The first-order valence-corrected chi connectivity index (χ1v) is 9.92. The highest BCUT2D eigenvalue weighted by Gasteiger charge is 2.18. The molecule has 162 valence electrons. The van der Waals surface area contributed by atoms with Crippen molar-refractivity contribution in [3.05, 3.63) is 40.4 Å². The number of amides is 1. The third-order valence-electron chi connectivity index (χ3n) is 3.93. The van der Waals surface area contributed by atoms with Crippen LogP contribution >= 0.6 is 15.9 Å². The van der Waals surface area contributed by atoms with Gasteiger partial charge in [-0.05, 0) is 46.6 Å². The van der Waals surface area contributed by atoms with Gasteiger partial charge in [-0.2, -0.15) is 0 Å². The van der Waals surface area contributed by atoms with E-state index in [-0.39, 0.29) is 5.56 Å². The van der Waals surface area contributed by atoms with Crippen molar-refractivity contribution in [2.45, 2.75) is 13.3 Å². The van der Waals surface area contributed by atoms with E-state index in [1.54, 1.807) is 24.3 Å². The molecule has 9 heteroatoms. The van der Waals surface area contributed by atoms with Gasteiger partial charge in [-0.15, -0.1) is 0 Å². The summed E-state index contributed by atoms with van der Waals surface area (Å²) in [6.45, 7) is 2.02. The van der Waals surface area contributed by atoms with Crippen molar-refractivity contribution in [2.24, 2.45) is 0 Å². The first-order chi connectivity index (χ1) is 14.4. The summed E-state index contributed by atoms with van der Waals surface area (Å²) in [4.78, 5) is 24.6. The molecule has 0 aliphatic heterocycles. The average Bonchev–Trinajstić information content (AvgIpc) is 2.76. The van der Waals surface area contributed by atoms with E-state index in [4.69, 9.17) is 23.7 Å². The zero-order valence-corrected chi connectivity index (χ0v) is 18.8. The van der Waals surface area contributed by atoms with Crippen LogP contribution < -0.4 is 24.3 Å². The van der Waals surface area contributed by atoms with Crippen LogP contribution in [0.15, 0.2) is 34.8 Å². The van der Waals surface area contributed by atoms with Crippen molar-refractivity contribution in [1.29, 1.82) is 0 Å². The zero-order valence-electron chi connectivity index (χ0n) is 17.2. The molecule has 0 saturated carbocycles. The van der Waals surface area contributed by atoms with Gasteiger partial charge in [0, 0.05) is 6.07 Å². The van der Waals surface area contributed by atoms with Gasteiger partial charge in [0.25, 0.3) is 5.91 Å². The predicted octanol–water partition coefficient (Wildman–Crippen LogP) is 4.06. The molecule has 1 N–H and O–H groups in total. The fraction of sp³-hybridized carbons (Fsp3) is 0.333. The van der Waals surface area contributed by atoms with Crippen LogP contribution in [0.1, 0.15) is 23.7 Å². The maximum absolute atomic E-state index is 12.4. The molecule has 0 aliphatic carbocycles. The Morgan fingerprint density at radius 1 is 1.00 bits per heavy atom. The van der Waals surface area contributed by atoms with E-state index >= 15 is 0 Å². The minimum absolute atomic E-state index is 0.220. The smallest absolute Gasteiger partial charge is 0.338 e. The molecule has 0 radical (unpaired) electrons. The third-order valence-corrected chi connectivity index (χ3v) is 4.52. The summed E-state index contributed by atoms with van der Waals surface area (Å²) in [5, 5.41) is 2.64. The maximum atomic E-state index is 12.4. The normalized spacial score (nSPS) is 10.2. The highest BCUT2D eigenvalue weighted by atomic mass is 79.9. The first kappa shape index (κ1) is 23.3. The molecule has 1 amide bonds. The molecule has 2 aromatic carbocycles. The molecule has 0 fully saturated rings. The van der Waals surface area contributed by atoms with Gasteiger partial charge in [0.05, 0.1) is 43.7 Å². The van der Waals surface area contributed by atoms with Crippen molar-refractivity contribution < 1.29 is 33.3 Å². The maximum Gasteiger partial charge on any atom is 0.338 e. The summed E-state index contributed by atoms with van der Waals surface area (Å²) in [5.74, 6) is 0.707. The largest absolute Gasteiger partial charge is 0.497 e. The van der Waals surface area contributed by atoms with Crippen LogP contribution in [0.3, 0.4) is 0 Å². The second kappa shape index (κ2) is 11.3. The highest BCUT2D eigenvalue weighted by molar-refractivity contribution is 9.10. The lowest BCUT2D eigenvalue weighted by Crippen LogP contribution is -2.21. The fourth-order valence-electron chi connectivity index (χ4n) is 2.48. The average molecular weight is 482 g/mol. The molecule has 0 saturated heterocycles. The van der Waals surface area contributed by atoms with Gasteiger partial charge in [0.1, 0.15) is 11.5 Å². The molecule has 0 atom stereocenters. The number of halogens is 1. The van der Waals surface area contributed by atoms with E-state index in [1.807, 2.05) is 6.92 Å².